The lowest BCUT2D eigenvalue weighted by Crippen LogP contribution is -2.41. The quantitative estimate of drug-likeness (QED) is 0.344. The number of hydrogen-bond acceptors (Lipinski definition) is 7. The molecule has 0 saturated carbocycles. The van der Waals surface area contributed by atoms with Crippen LogP contribution in [0.5, 0.6) is 5.75 Å². The third-order valence-electron chi connectivity index (χ3n) is 7.14. The third-order valence-corrected chi connectivity index (χ3v) is 7.14. The number of Topliss-reactive ketones (excluding diaryl/α,β-unsaturated/α-hetero) is 1. The van der Waals surface area contributed by atoms with E-state index in [-0.39, 0.29) is 29.0 Å². The fourth-order valence-corrected chi connectivity index (χ4v) is 5.21. The van der Waals surface area contributed by atoms with E-state index >= 15 is 0 Å². The van der Waals surface area contributed by atoms with Gasteiger partial charge in [0.1, 0.15) is 28.7 Å². The number of nitrogens with zero attached hydrogens (tertiary/aromatic N) is 5. The van der Waals surface area contributed by atoms with Crippen molar-refractivity contribution in [2.45, 2.75) is 19.5 Å². The number of anilines is 1. The molecule has 1 aliphatic rings. The van der Waals surface area contributed by atoms with Crippen molar-refractivity contribution in [2.24, 2.45) is 7.05 Å². The van der Waals surface area contributed by atoms with Crippen LogP contribution in [-0.2, 0) is 20.1 Å². The van der Waals surface area contributed by atoms with Crippen molar-refractivity contribution < 1.29 is 9.53 Å². The van der Waals surface area contributed by atoms with Gasteiger partial charge in [-0.1, -0.05) is 42.5 Å². The lowest BCUT2D eigenvalue weighted by atomic mass is 10.1. The van der Waals surface area contributed by atoms with Crippen LogP contribution in [0.15, 0.2) is 64.2 Å². The molecule has 2 aromatic carbocycles. The normalized spacial score (nSPS) is 13.4. The van der Waals surface area contributed by atoms with E-state index in [1.807, 2.05) is 34.9 Å². The minimum absolute atomic E-state index is 0. The molecule has 40 heavy (non-hydrogen) atoms. The van der Waals surface area contributed by atoms with Crippen LogP contribution in [0.3, 0.4) is 0 Å². The Labute approximate surface area is 237 Å². The Morgan fingerprint density at radius 1 is 1.02 bits per heavy atom. The molecule has 1 aliphatic heterocycles. The minimum atomic E-state index is -0.652. The van der Waals surface area contributed by atoms with Crippen molar-refractivity contribution in [1.82, 2.24) is 19.0 Å². The lowest BCUT2D eigenvalue weighted by Gasteiger charge is -2.24. The Bertz CT molecular complexity index is 1690. The molecular formula is C29H31ClN6O4. The van der Waals surface area contributed by atoms with E-state index < -0.39 is 23.6 Å². The van der Waals surface area contributed by atoms with Gasteiger partial charge < -0.3 is 19.5 Å². The van der Waals surface area contributed by atoms with Crippen LogP contribution in [0.25, 0.3) is 11.0 Å². The second-order valence-corrected chi connectivity index (χ2v) is 9.56. The highest BCUT2D eigenvalue weighted by Crippen LogP contribution is 2.31. The smallest absolute Gasteiger partial charge is 0.331 e. The van der Waals surface area contributed by atoms with Gasteiger partial charge in [0, 0.05) is 38.8 Å². The summed E-state index contributed by atoms with van der Waals surface area (Å²) in [6, 6.07) is 18.6. The number of aromatic nitrogens is 3. The molecule has 0 radical (unpaired) electrons. The summed E-state index contributed by atoms with van der Waals surface area (Å²) in [7, 11) is 3.04. The number of benzene rings is 2. The van der Waals surface area contributed by atoms with Crippen LogP contribution in [0.1, 0.15) is 27.9 Å². The maximum atomic E-state index is 14.0. The average Bonchev–Trinajstić information content (AvgIpc) is 3.08. The standard InChI is InChI=1S/C29H30N6O4.ClH/c1-32-25-23(17-30)27(33-14-7-12-31-13-15-33)34(18-20-8-4-3-5-9-20)26(25)28(37)35(29(32)38)19-24(36)21-10-6-11-22(16-21)39-2;/h3-6,8-11,16,31H,7,12-15,18-19H2,1-2H3;1H. The van der Waals surface area contributed by atoms with Crippen molar-refractivity contribution in [3.05, 3.63) is 92.1 Å². The summed E-state index contributed by atoms with van der Waals surface area (Å²) in [5.74, 6) is 0.723. The van der Waals surface area contributed by atoms with E-state index in [1.54, 1.807) is 24.3 Å². The number of aryl methyl sites for hydroxylation is 1. The summed E-state index contributed by atoms with van der Waals surface area (Å²) in [6.07, 6.45) is 0.871. The first-order chi connectivity index (χ1) is 18.9. The number of ether oxygens (including phenoxy) is 1. The van der Waals surface area contributed by atoms with Crippen molar-refractivity contribution in [2.75, 3.05) is 38.2 Å². The molecule has 0 unspecified atom stereocenters. The van der Waals surface area contributed by atoms with E-state index in [2.05, 4.69) is 16.3 Å². The van der Waals surface area contributed by atoms with Crippen molar-refractivity contribution in [3.8, 4) is 11.8 Å². The first-order valence-corrected chi connectivity index (χ1v) is 12.9. The fourth-order valence-electron chi connectivity index (χ4n) is 5.21. The van der Waals surface area contributed by atoms with Crippen molar-refractivity contribution >= 4 is 35.0 Å². The van der Waals surface area contributed by atoms with Gasteiger partial charge in [-0.05, 0) is 30.7 Å². The molecule has 0 spiro atoms. The van der Waals surface area contributed by atoms with E-state index in [4.69, 9.17) is 4.74 Å². The van der Waals surface area contributed by atoms with E-state index in [0.717, 1.165) is 29.6 Å². The molecule has 0 bridgehead atoms. The van der Waals surface area contributed by atoms with Gasteiger partial charge in [0.15, 0.2) is 5.78 Å². The third kappa shape index (κ3) is 5.26. The number of hydrogen-bond donors (Lipinski definition) is 1. The zero-order chi connectivity index (χ0) is 27.5. The van der Waals surface area contributed by atoms with Crippen LogP contribution in [0.2, 0.25) is 0 Å². The Hall–Kier alpha value is -4.33. The highest BCUT2D eigenvalue weighted by Gasteiger charge is 2.29. The molecule has 11 heteroatoms. The number of nitrogens with one attached hydrogen (secondary N) is 1. The Morgan fingerprint density at radius 3 is 2.52 bits per heavy atom. The average molecular weight is 563 g/mol. The minimum Gasteiger partial charge on any atom is -0.497 e. The lowest BCUT2D eigenvalue weighted by molar-refractivity contribution is 0.0968. The van der Waals surface area contributed by atoms with Crippen LogP contribution in [0.4, 0.5) is 5.82 Å². The molecular weight excluding hydrogens is 532 g/mol. The number of carbonyl (C=O) groups excluding carboxylic acids is 1. The van der Waals surface area contributed by atoms with Gasteiger partial charge >= 0.3 is 5.69 Å². The van der Waals surface area contributed by atoms with Gasteiger partial charge in [-0.25, -0.2) is 4.79 Å². The topological polar surface area (TPSA) is 114 Å². The van der Waals surface area contributed by atoms with Crippen LogP contribution in [0, 0.1) is 11.3 Å². The first-order valence-electron chi connectivity index (χ1n) is 12.9. The van der Waals surface area contributed by atoms with Gasteiger partial charge in [0.25, 0.3) is 5.56 Å². The number of carbonyl (C=O) groups is 1. The van der Waals surface area contributed by atoms with Crippen LogP contribution in [-0.4, -0.2) is 52.8 Å². The zero-order valence-corrected chi connectivity index (χ0v) is 23.2. The van der Waals surface area contributed by atoms with E-state index in [1.165, 1.54) is 18.7 Å². The summed E-state index contributed by atoms with van der Waals surface area (Å²) in [5.41, 5.74) is 0.811. The summed E-state index contributed by atoms with van der Waals surface area (Å²) in [4.78, 5) is 42.8. The van der Waals surface area contributed by atoms with Crippen molar-refractivity contribution in [3.63, 3.8) is 0 Å². The molecule has 0 aliphatic carbocycles. The van der Waals surface area contributed by atoms with E-state index in [9.17, 15) is 19.6 Å². The number of nitriles is 1. The van der Waals surface area contributed by atoms with Gasteiger partial charge in [-0.2, -0.15) is 5.26 Å². The number of ketones is 1. The molecule has 5 rings (SSSR count). The number of methoxy groups -OCH3 is 1. The predicted molar refractivity (Wildman–Crippen MR) is 156 cm³/mol. The number of rotatable bonds is 7. The summed E-state index contributed by atoms with van der Waals surface area (Å²) >= 11 is 0. The molecule has 1 N–H and O–H groups in total. The van der Waals surface area contributed by atoms with Gasteiger partial charge in [-0.15, -0.1) is 12.4 Å². The molecule has 1 saturated heterocycles. The molecule has 10 nitrogen and oxygen atoms in total. The van der Waals surface area contributed by atoms with Gasteiger partial charge in [0.05, 0.1) is 19.2 Å². The predicted octanol–water partition coefficient (Wildman–Crippen LogP) is 2.53. The Kier molecular flexibility index (Phi) is 8.77. The second kappa shape index (κ2) is 12.2. The monoisotopic (exact) mass is 562 g/mol. The van der Waals surface area contributed by atoms with Crippen molar-refractivity contribution in [1.29, 1.82) is 5.26 Å². The molecule has 0 atom stereocenters. The van der Waals surface area contributed by atoms with Gasteiger partial charge in [-0.3, -0.25) is 18.7 Å². The number of fused-ring (bicyclic) bond motifs is 1. The maximum absolute atomic E-state index is 14.0. The molecule has 3 heterocycles. The molecule has 4 aromatic rings. The summed E-state index contributed by atoms with van der Waals surface area (Å²) in [5, 5.41) is 13.7. The van der Waals surface area contributed by atoms with E-state index in [0.29, 0.717) is 36.8 Å². The number of halogens is 1. The highest BCUT2D eigenvalue weighted by atomic mass is 35.5. The van der Waals surface area contributed by atoms with Gasteiger partial charge in [0.2, 0.25) is 0 Å². The fraction of sp³-hybridized carbons (Fsp3) is 0.310. The SMILES string of the molecule is COc1cccc(C(=O)Cn2c(=O)c3c(c(C#N)c(N4CCCNCC4)n3Cc3ccccc3)n(C)c2=O)c1.Cl. The zero-order valence-electron chi connectivity index (χ0n) is 22.4. The molecule has 208 valence electrons. The van der Waals surface area contributed by atoms with Crippen LogP contribution >= 0.6 is 12.4 Å². The Morgan fingerprint density at radius 2 is 1.80 bits per heavy atom. The first kappa shape index (κ1) is 28.7. The molecule has 0 amide bonds. The maximum Gasteiger partial charge on any atom is 0.331 e. The molecule has 2 aromatic heterocycles. The largest absolute Gasteiger partial charge is 0.497 e. The second-order valence-electron chi connectivity index (χ2n) is 9.56. The highest BCUT2D eigenvalue weighted by molar-refractivity contribution is 5.96. The molecule has 1 fully saturated rings. The Balaban J connectivity index is 0.00000370. The van der Waals surface area contributed by atoms with Crippen LogP contribution < -0.4 is 26.2 Å². The summed E-state index contributed by atoms with van der Waals surface area (Å²) in [6.45, 7) is 2.83. The summed E-state index contributed by atoms with van der Waals surface area (Å²) < 4.78 is 9.33.